The number of alkyl halides is 2. The van der Waals surface area contributed by atoms with Crippen LogP contribution in [0.1, 0.15) is 30.4 Å². The lowest BCUT2D eigenvalue weighted by Gasteiger charge is -2.09. The average Bonchev–Trinajstić information content (AvgIpc) is 2.85. The summed E-state index contributed by atoms with van der Waals surface area (Å²) in [7, 11) is 0. The molecule has 2 rings (SSSR count). The molecule has 13 heavy (non-hydrogen) atoms. The molecule has 1 saturated carbocycles. The Morgan fingerprint density at radius 1 is 1.31 bits per heavy atom. The second kappa shape index (κ2) is 2.77. The standard InChI is InChI=1S/C10H10F2O/c11-9(12)7-2-1-3-8(6-7)10(13)4-5-10/h1-3,6,9,13H,4-5H2. The number of aliphatic hydroxyl groups is 1. The summed E-state index contributed by atoms with van der Waals surface area (Å²) in [6, 6.07) is 6.02. The minimum Gasteiger partial charge on any atom is -0.385 e. The first-order chi connectivity index (χ1) is 6.12. The number of halogens is 2. The maximum atomic E-state index is 12.3. The Morgan fingerprint density at radius 2 is 2.00 bits per heavy atom. The van der Waals surface area contributed by atoms with Crippen LogP contribution in [0, 0.1) is 0 Å². The molecule has 0 atom stereocenters. The third-order valence-electron chi connectivity index (χ3n) is 2.40. The van der Waals surface area contributed by atoms with Crippen LogP contribution in [0.15, 0.2) is 24.3 Å². The van der Waals surface area contributed by atoms with Gasteiger partial charge in [-0.15, -0.1) is 0 Å². The van der Waals surface area contributed by atoms with Crippen molar-refractivity contribution in [3.05, 3.63) is 35.4 Å². The number of benzene rings is 1. The summed E-state index contributed by atoms with van der Waals surface area (Å²) in [5.41, 5.74) is -0.214. The van der Waals surface area contributed by atoms with Crippen molar-refractivity contribution >= 4 is 0 Å². The Morgan fingerprint density at radius 3 is 2.54 bits per heavy atom. The van der Waals surface area contributed by atoms with Gasteiger partial charge in [0.2, 0.25) is 0 Å². The first-order valence-electron chi connectivity index (χ1n) is 4.23. The largest absolute Gasteiger partial charge is 0.385 e. The monoisotopic (exact) mass is 184 g/mol. The van der Waals surface area contributed by atoms with Crippen LogP contribution in [0.5, 0.6) is 0 Å². The fourth-order valence-electron chi connectivity index (χ4n) is 1.37. The summed E-state index contributed by atoms with van der Waals surface area (Å²) in [5, 5.41) is 9.66. The highest BCUT2D eigenvalue weighted by Crippen LogP contribution is 2.45. The quantitative estimate of drug-likeness (QED) is 0.749. The van der Waals surface area contributed by atoms with E-state index >= 15 is 0 Å². The normalized spacial score (nSPS) is 19.1. The summed E-state index contributed by atoms with van der Waals surface area (Å²) in [6.07, 6.45) is -1.10. The predicted molar refractivity (Wildman–Crippen MR) is 44.5 cm³/mol. The lowest BCUT2D eigenvalue weighted by Crippen LogP contribution is -2.04. The SMILES string of the molecule is OC1(c2cccc(C(F)F)c2)CC1. The van der Waals surface area contributed by atoms with Gasteiger partial charge in [0.15, 0.2) is 0 Å². The predicted octanol–water partition coefficient (Wildman–Crippen LogP) is 2.61. The Kier molecular flexibility index (Phi) is 1.84. The molecule has 1 N–H and O–H groups in total. The van der Waals surface area contributed by atoms with Gasteiger partial charge >= 0.3 is 0 Å². The van der Waals surface area contributed by atoms with Crippen LogP contribution in [0.4, 0.5) is 8.78 Å². The molecule has 1 aromatic rings. The zero-order chi connectivity index (χ0) is 9.47. The maximum absolute atomic E-state index is 12.3. The van der Waals surface area contributed by atoms with Crippen LogP contribution >= 0.6 is 0 Å². The van der Waals surface area contributed by atoms with Crippen molar-refractivity contribution in [2.45, 2.75) is 24.9 Å². The number of rotatable bonds is 2. The zero-order valence-corrected chi connectivity index (χ0v) is 7.00. The van der Waals surface area contributed by atoms with Crippen LogP contribution < -0.4 is 0 Å². The third-order valence-corrected chi connectivity index (χ3v) is 2.40. The molecule has 1 fully saturated rings. The Labute approximate surface area is 75.0 Å². The van der Waals surface area contributed by atoms with E-state index in [0.717, 1.165) is 0 Å². The molecular weight excluding hydrogens is 174 g/mol. The minimum atomic E-state index is -2.46. The number of hydrogen-bond donors (Lipinski definition) is 1. The van der Waals surface area contributed by atoms with E-state index in [2.05, 4.69) is 0 Å². The molecule has 1 aromatic carbocycles. The van der Waals surface area contributed by atoms with Gasteiger partial charge < -0.3 is 5.11 Å². The zero-order valence-electron chi connectivity index (χ0n) is 7.00. The van der Waals surface area contributed by atoms with E-state index in [9.17, 15) is 13.9 Å². The third kappa shape index (κ3) is 1.56. The second-order valence-corrected chi connectivity index (χ2v) is 3.46. The summed E-state index contributed by atoms with van der Waals surface area (Å²) < 4.78 is 24.5. The van der Waals surface area contributed by atoms with Crippen molar-refractivity contribution in [3.63, 3.8) is 0 Å². The fraction of sp³-hybridized carbons (Fsp3) is 0.400. The molecule has 0 saturated heterocycles. The first kappa shape index (κ1) is 8.63. The van der Waals surface area contributed by atoms with Crippen molar-refractivity contribution < 1.29 is 13.9 Å². The summed E-state index contributed by atoms with van der Waals surface area (Å²) in [6.45, 7) is 0. The van der Waals surface area contributed by atoms with Crippen molar-refractivity contribution in [1.82, 2.24) is 0 Å². The highest BCUT2D eigenvalue weighted by Gasteiger charge is 2.42. The molecule has 0 radical (unpaired) electrons. The Hall–Kier alpha value is -0.960. The number of hydrogen-bond acceptors (Lipinski definition) is 1. The molecule has 0 amide bonds. The van der Waals surface area contributed by atoms with Crippen molar-refractivity contribution in [2.24, 2.45) is 0 Å². The molecule has 0 aromatic heterocycles. The van der Waals surface area contributed by atoms with Crippen LogP contribution in [-0.2, 0) is 5.60 Å². The van der Waals surface area contributed by atoms with Gasteiger partial charge in [-0.3, -0.25) is 0 Å². The van der Waals surface area contributed by atoms with Crippen molar-refractivity contribution in [1.29, 1.82) is 0 Å². The molecule has 1 aliphatic carbocycles. The summed E-state index contributed by atoms with van der Waals surface area (Å²) in [5.74, 6) is 0. The van der Waals surface area contributed by atoms with Gasteiger partial charge in [-0.25, -0.2) is 8.78 Å². The smallest absolute Gasteiger partial charge is 0.263 e. The van der Waals surface area contributed by atoms with Gasteiger partial charge in [-0.1, -0.05) is 18.2 Å². The van der Waals surface area contributed by atoms with Gasteiger partial charge in [0.1, 0.15) is 0 Å². The van der Waals surface area contributed by atoms with Crippen LogP contribution in [0.2, 0.25) is 0 Å². The van der Waals surface area contributed by atoms with Crippen molar-refractivity contribution in [3.8, 4) is 0 Å². The summed E-state index contributed by atoms with van der Waals surface area (Å²) >= 11 is 0. The Balaban J connectivity index is 2.33. The van der Waals surface area contributed by atoms with Gasteiger partial charge in [-0.2, -0.15) is 0 Å². The van der Waals surface area contributed by atoms with Crippen LogP contribution in [0.25, 0.3) is 0 Å². The highest BCUT2D eigenvalue weighted by molar-refractivity contribution is 5.32. The summed E-state index contributed by atoms with van der Waals surface area (Å²) in [4.78, 5) is 0. The molecule has 0 unspecified atom stereocenters. The van der Waals surface area contributed by atoms with E-state index in [1.165, 1.54) is 12.1 Å². The molecule has 0 spiro atoms. The Bertz CT molecular complexity index is 318. The molecule has 0 bridgehead atoms. The topological polar surface area (TPSA) is 20.2 Å². The van der Waals surface area contributed by atoms with E-state index in [1.807, 2.05) is 0 Å². The van der Waals surface area contributed by atoms with Crippen molar-refractivity contribution in [2.75, 3.05) is 0 Å². The second-order valence-electron chi connectivity index (χ2n) is 3.46. The fourth-order valence-corrected chi connectivity index (χ4v) is 1.37. The first-order valence-corrected chi connectivity index (χ1v) is 4.23. The van der Waals surface area contributed by atoms with Gasteiger partial charge in [0, 0.05) is 5.56 Å². The lowest BCUT2D eigenvalue weighted by molar-refractivity contribution is 0.144. The van der Waals surface area contributed by atoms with E-state index in [4.69, 9.17) is 0 Å². The molecular formula is C10H10F2O. The van der Waals surface area contributed by atoms with E-state index in [-0.39, 0.29) is 5.56 Å². The van der Waals surface area contributed by atoms with Crippen LogP contribution in [0.3, 0.4) is 0 Å². The minimum absolute atomic E-state index is 0.0159. The van der Waals surface area contributed by atoms with E-state index < -0.39 is 12.0 Å². The van der Waals surface area contributed by atoms with Crippen LogP contribution in [-0.4, -0.2) is 5.11 Å². The molecule has 1 nitrogen and oxygen atoms in total. The molecule has 1 aliphatic rings. The molecule has 3 heteroatoms. The average molecular weight is 184 g/mol. The maximum Gasteiger partial charge on any atom is 0.263 e. The van der Waals surface area contributed by atoms with E-state index in [1.54, 1.807) is 12.1 Å². The highest BCUT2D eigenvalue weighted by atomic mass is 19.3. The van der Waals surface area contributed by atoms with Gasteiger partial charge in [0.05, 0.1) is 5.60 Å². The molecule has 0 heterocycles. The van der Waals surface area contributed by atoms with E-state index in [0.29, 0.717) is 18.4 Å². The molecule has 0 aliphatic heterocycles. The lowest BCUT2D eigenvalue weighted by atomic mass is 10.1. The van der Waals surface area contributed by atoms with Gasteiger partial charge in [0.25, 0.3) is 6.43 Å². The van der Waals surface area contributed by atoms with Gasteiger partial charge in [-0.05, 0) is 24.5 Å². The molecule has 70 valence electrons.